The summed E-state index contributed by atoms with van der Waals surface area (Å²) in [6.07, 6.45) is 1.31. The molecule has 104 valence electrons. The zero-order valence-electron chi connectivity index (χ0n) is 11.4. The minimum absolute atomic E-state index is 0.203. The van der Waals surface area contributed by atoms with Crippen LogP contribution in [0, 0.1) is 6.92 Å². The van der Waals surface area contributed by atoms with E-state index >= 15 is 0 Å². The summed E-state index contributed by atoms with van der Waals surface area (Å²) in [5.74, 6) is -0.734. The fraction of sp³-hybridized carbons (Fsp3) is 0.533. The van der Waals surface area contributed by atoms with Gasteiger partial charge in [0.25, 0.3) is 0 Å². The first-order valence-electron chi connectivity index (χ1n) is 6.86. The number of hydrogen-bond donors (Lipinski definition) is 2. The number of carbonyl (C=O) groups is 1. The summed E-state index contributed by atoms with van der Waals surface area (Å²) in [5, 5.41) is 11.9. The second-order valence-electron chi connectivity index (χ2n) is 5.31. The Hall–Kier alpha value is -1.39. The van der Waals surface area contributed by atoms with Gasteiger partial charge in [-0.05, 0) is 18.9 Å². The Morgan fingerprint density at radius 1 is 1.53 bits per heavy atom. The topological polar surface area (TPSA) is 52.6 Å². The lowest BCUT2D eigenvalue weighted by Crippen LogP contribution is -2.33. The van der Waals surface area contributed by atoms with E-state index in [1.54, 1.807) is 0 Å². The second-order valence-corrected chi connectivity index (χ2v) is 5.31. The highest BCUT2D eigenvalue weighted by atomic mass is 16.4. The third-order valence-electron chi connectivity index (χ3n) is 3.53. The molecule has 0 amide bonds. The van der Waals surface area contributed by atoms with E-state index in [2.05, 4.69) is 41.4 Å². The molecule has 1 aromatic rings. The Bertz CT molecular complexity index is 434. The van der Waals surface area contributed by atoms with Gasteiger partial charge in [-0.15, -0.1) is 0 Å². The summed E-state index contributed by atoms with van der Waals surface area (Å²) in [5.41, 5.74) is 2.65. The number of carboxylic acids is 1. The highest BCUT2D eigenvalue weighted by molar-refractivity contribution is 5.66. The van der Waals surface area contributed by atoms with Crippen LogP contribution in [0.15, 0.2) is 24.3 Å². The first-order valence-corrected chi connectivity index (χ1v) is 6.86. The predicted octanol–water partition coefficient (Wildman–Crippen LogP) is 1.63. The van der Waals surface area contributed by atoms with Crippen molar-refractivity contribution in [2.45, 2.75) is 32.4 Å². The van der Waals surface area contributed by atoms with Crippen molar-refractivity contribution >= 4 is 5.97 Å². The summed E-state index contributed by atoms with van der Waals surface area (Å²) >= 11 is 0. The number of nitrogens with zero attached hydrogens (tertiary/aromatic N) is 1. The summed E-state index contributed by atoms with van der Waals surface area (Å²) in [6, 6.07) is 9.04. The van der Waals surface area contributed by atoms with E-state index in [9.17, 15) is 4.79 Å². The molecular weight excluding hydrogens is 240 g/mol. The van der Waals surface area contributed by atoms with E-state index in [1.165, 1.54) is 11.1 Å². The van der Waals surface area contributed by atoms with Gasteiger partial charge in [0.2, 0.25) is 0 Å². The smallest absolute Gasteiger partial charge is 0.304 e. The molecule has 19 heavy (non-hydrogen) atoms. The van der Waals surface area contributed by atoms with E-state index in [-0.39, 0.29) is 6.42 Å². The number of benzene rings is 1. The molecule has 1 saturated heterocycles. The number of hydrogen-bond acceptors (Lipinski definition) is 3. The van der Waals surface area contributed by atoms with Gasteiger partial charge >= 0.3 is 5.97 Å². The van der Waals surface area contributed by atoms with Crippen molar-refractivity contribution in [2.24, 2.45) is 0 Å². The normalized spacial score (nSPS) is 19.7. The van der Waals surface area contributed by atoms with Crippen molar-refractivity contribution in [3.05, 3.63) is 35.4 Å². The molecule has 1 atom stereocenters. The molecule has 0 radical (unpaired) electrons. The zero-order valence-corrected chi connectivity index (χ0v) is 11.4. The van der Waals surface area contributed by atoms with Gasteiger partial charge in [0.15, 0.2) is 0 Å². The SMILES string of the molecule is Cc1cccc(CN2CCC(NCCC(=O)O)C2)c1. The van der Waals surface area contributed by atoms with Gasteiger partial charge < -0.3 is 10.4 Å². The number of likely N-dealkylation sites (tertiary alicyclic amines) is 1. The first kappa shape index (κ1) is 14.0. The maximum absolute atomic E-state index is 10.5. The number of nitrogens with one attached hydrogen (secondary N) is 1. The fourth-order valence-electron chi connectivity index (χ4n) is 2.59. The molecule has 1 aromatic carbocycles. The third-order valence-corrected chi connectivity index (χ3v) is 3.53. The van der Waals surface area contributed by atoms with Crippen LogP contribution in [-0.4, -0.2) is 41.7 Å². The maximum Gasteiger partial charge on any atom is 0.304 e. The van der Waals surface area contributed by atoms with E-state index in [1.807, 2.05) is 0 Å². The molecule has 4 nitrogen and oxygen atoms in total. The average molecular weight is 262 g/mol. The second kappa shape index (κ2) is 6.68. The Morgan fingerprint density at radius 3 is 3.11 bits per heavy atom. The standard InChI is InChI=1S/C15H22N2O2/c1-12-3-2-4-13(9-12)10-17-8-6-14(11-17)16-7-5-15(18)19/h2-4,9,14,16H,5-8,10-11H2,1H3,(H,18,19). The van der Waals surface area contributed by atoms with Gasteiger partial charge in [-0.25, -0.2) is 0 Å². The van der Waals surface area contributed by atoms with E-state index in [0.717, 1.165) is 26.1 Å². The van der Waals surface area contributed by atoms with Gasteiger partial charge in [-0.3, -0.25) is 9.69 Å². The minimum Gasteiger partial charge on any atom is -0.481 e. The summed E-state index contributed by atoms with van der Waals surface area (Å²) in [7, 11) is 0. The van der Waals surface area contributed by atoms with Crippen LogP contribution in [0.2, 0.25) is 0 Å². The van der Waals surface area contributed by atoms with Gasteiger partial charge in [-0.2, -0.15) is 0 Å². The lowest BCUT2D eigenvalue weighted by molar-refractivity contribution is -0.136. The van der Waals surface area contributed by atoms with Crippen LogP contribution in [0.4, 0.5) is 0 Å². The van der Waals surface area contributed by atoms with E-state index in [0.29, 0.717) is 12.6 Å². The molecule has 0 saturated carbocycles. The molecule has 1 heterocycles. The highest BCUT2D eigenvalue weighted by Gasteiger charge is 2.21. The summed E-state index contributed by atoms with van der Waals surface area (Å²) in [4.78, 5) is 12.9. The van der Waals surface area contributed by atoms with Crippen molar-refractivity contribution in [1.29, 1.82) is 0 Å². The van der Waals surface area contributed by atoms with Gasteiger partial charge in [0, 0.05) is 32.2 Å². The monoisotopic (exact) mass is 262 g/mol. The molecule has 2 rings (SSSR count). The molecule has 1 aliphatic heterocycles. The van der Waals surface area contributed by atoms with Gasteiger partial charge in [-0.1, -0.05) is 29.8 Å². The van der Waals surface area contributed by atoms with Gasteiger partial charge in [0.05, 0.1) is 6.42 Å². The van der Waals surface area contributed by atoms with Crippen LogP contribution >= 0.6 is 0 Å². The molecule has 0 aromatic heterocycles. The molecule has 2 N–H and O–H groups in total. The Balaban J connectivity index is 1.74. The number of rotatable bonds is 6. The first-order chi connectivity index (χ1) is 9.13. The Labute approximate surface area is 114 Å². The molecule has 1 fully saturated rings. The lowest BCUT2D eigenvalue weighted by atomic mass is 10.1. The van der Waals surface area contributed by atoms with Crippen molar-refractivity contribution in [1.82, 2.24) is 10.2 Å². The molecule has 1 unspecified atom stereocenters. The lowest BCUT2D eigenvalue weighted by Gasteiger charge is -2.17. The Morgan fingerprint density at radius 2 is 2.37 bits per heavy atom. The fourth-order valence-corrected chi connectivity index (χ4v) is 2.59. The van der Waals surface area contributed by atoms with E-state index in [4.69, 9.17) is 5.11 Å². The van der Waals surface area contributed by atoms with Crippen LogP contribution in [-0.2, 0) is 11.3 Å². The molecule has 1 aliphatic rings. The average Bonchev–Trinajstić information content (AvgIpc) is 2.76. The van der Waals surface area contributed by atoms with Crippen LogP contribution < -0.4 is 5.32 Å². The van der Waals surface area contributed by atoms with Gasteiger partial charge in [0.1, 0.15) is 0 Å². The van der Waals surface area contributed by atoms with Crippen molar-refractivity contribution in [3.8, 4) is 0 Å². The number of aliphatic carboxylic acids is 1. The van der Waals surface area contributed by atoms with Crippen LogP contribution in [0.25, 0.3) is 0 Å². The number of carboxylic acid groups (broad SMARTS) is 1. The van der Waals surface area contributed by atoms with E-state index < -0.39 is 5.97 Å². The molecular formula is C15H22N2O2. The highest BCUT2D eigenvalue weighted by Crippen LogP contribution is 2.14. The quantitative estimate of drug-likeness (QED) is 0.818. The van der Waals surface area contributed by atoms with Crippen LogP contribution in [0.5, 0.6) is 0 Å². The van der Waals surface area contributed by atoms with Crippen molar-refractivity contribution in [2.75, 3.05) is 19.6 Å². The predicted molar refractivity (Wildman–Crippen MR) is 75.1 cm³/mol. The minimum atomic E-state index is -0.734. The van der Waals surface area contributed by atoms with Crippen molar-refractivity contribution < 1.29 is 9.90 Å². The molecule has 0 aliphatic carbocycles. The summed E-state index contributed by atoms with van der Waals surface area (Å²) < 4.78 is 0. The molecule has 0 bridgehead atoms. The summed E-state index contributed by atoms with van der Waals surface area (Å²) in [6.45, 7) is 5.76. The molecule has 0 spiro atoms. The van der Waals surface area contributed by atoms with Crippen LogP contribution in [0.3, 0.4) is 0 Å². The largest absolute Gasteiger partial charge is 0.481 e. The number of aryl methyl sites for hydroxylation is 1. The zero-order chi connectivity index (χ0) is 13.7. The maximum atomic E-state index is 10.5. The third kappa shape index (κ3) is 4.65. The van der Waals surface area contributed by atoms with Crippen molar-refractivity contribution in [3.63, 3.8) is 0 Å². The van der Waals surface area contributed by atoms with Crippen LogP contribution in [0.1, 0.15) is 24.0 Å². The Kier molecular flexibility index (Phi) is 4.93. The molecule has 4 heteroatoms.